The summed E-state index contributed by atoms with van der Waals surface area (Å²) in [5.41, 5.74) is 0.569. The first-order valence-corrected chi connectivity index (χ1v) is 3.75. The lowest BCUT2D eigenvalue weighted by atomic mass is 10.2. The lowest BCUT2D eigenvalue weighted by molar-refractivity contribution is 0.373. The second-order valence-corrected chi connectivity index (χ2v) is 2.69. The predicted molar refractivity (Wildman–Crippen MR) is 49.8 cm³/mol. The van der Waals surface area contributed by atoms with Crippen LogP contribution in [0.1, 0.15) is 5.56 Å². The molecule has 64 valence electrons. The molecule has 1 N–H and O–H groups in total. The third-order valence-electron chi connectivity index (χ3n) is 1.51. The highest BCUT2D eigenvalue weighted by Crippen LogP contribution is 2.33. The summed E-state index contributed by atoms with van der Waals surface area (Å²) >= 11 is 5.74. The number of phenolic OH excluding ortho intramolecular Hbond substituents is 1. The van der Waals surface area contributed by atoms with Gasteiger partial charge in [-0.05, 0) is 6.07 Å². The molecule has 1 rings (SSSR count). The molecule has 0 saturated heterocycles. The summed E-state index contributed by atoms with van der Waals surface area (Å²) in [6.07, 6.45) is 1.52. The van der Waals surface area contributed by atoms with E-state index in [9.17, 15) is 5.11 Å². The molecule has 1 aromatic carbocycles. The van der Waals surface area contributed by atoms with Crippen molar-refractivity contribution in [1.29, 1.82) is 0 Å². The number of rotatable bonds is 2. The standard InChI is InChI=1S/C9H9ClO2/c1-3-6-4-7(10)5-8(12-2)9(6)11/h3-5,11H,1H2,2H3. The molecule has 0 aliphatic rings. The number of benzene rings is 1. The minimum Gasteiger partial charge on any atom is -0.504 e. The summed E-state index contributed by atoms with van der Waals surface area (Å²) in [6.45, 7) is 3.53. The largest absolute Gasteiger partial charge is 0.504 e. The fourth-order valence-electron chi connectivity index (χ4n) is 0.906. The topological polar surface area (TPSA) is 29.5 Å². The first-order chi connectivity index (χ1) is 5.69. The maximum atomic E-state index is 9.46. The van der Waals surface area contributed by atoms with Gasteiger partial charge in [0.15, 0.2) is 11.5 Å². The molecule has 0 amide bonds. The first kappa shape index (κ1) is 8.94. The fraction of sp³-hybridized carbons (Fsp3) is 0.111. The Balaban J connectivity index is 3.31. The van der Waals surface area contributed by atoms with Crippen molar-refractivity contribution in [3.8, 4) is 11.5 Å². The van der Waals surface area contributed by atoms with Gasteiger partial charge < -0.3 is 9.84 Å². The molecule has 0 aliphatic carbocycles. The molecule has 1 aromatic rings. The Kier molecular flexibility index (Phi) is 2.61. The molecule has 2 nitrogen and oxygen atoms in total. The Bertz CT molecular complexity index is 308. The average Bonchev–Trinajstić information content (AvgIpc) is 2.08. The molecule has 12 heavy (non-hydrogen) atoms. The summed E-state index contributed by atoms with van der Waals surface area (Å²) in [5.74, 6) is 0.425. The molecular formula is C9H9ClO2. The summed E-state index contributed by atoms with van der Waals surface area (Å²) in [7, 11) is 1.47. The van der Waals surface area contributed by atoms with Crippen LogP contribution >= 0.6 is 11.6 Å². The van der Waals surface area contributed by atoms with E-state index in [2.05, 4.69) is 6.58 Å². The van der Waals surface area contributed by atoms with Crippen molar-refractivity contribution >= 4 is 17.7 Å². The van der Waals surface area contributed by atoms with Crippen molar-refractivity contribution in [2.24, 2.45) is 0 Å². The van der Waals surface area contributed by atoms with E-state index < -0.39 is 0 Å². The van der Waals surface area contributed by atoms with Crippen molar-refractivity contribution in [3.63, 3.8) is 0 Å². The summed E-state index contributed by atoms with van der Waals surface area (Å²) in [6, 6.07) is 3.16. The van der Waals surface area contributed by atoms with Crippen LogP contribution < -0.4 is 4.74 Å². The smallest absolute Gasteiger partial charge is 0.165 e. The van der Waals surface area contributed by atoms with Gasteiger partial charge in [-0.2, -0.15) is 0 Å². The molecule has 0 saturated carbocycles. The predicted octanol–water partition coefficient (Wildman–Crippen LogP) is 2.70. The third kappa shape index (κ3) is 1.53. The summed E-state index contributed by atoms with van der Waals surface area (Å²) < 4.78 is 4.89. The SMILES string of the molecule is C=Cc1cc(Cl)cc(OC)c1O. The highest BCUT2D eigenvalue weighted by molar-refractivity contribution is 6.31. The van der Waals surface area contributed by atoms with E-state index in [1.54, 1.807) is 12.1 Å². The summed E-state index contributed by atoms with van der Waals surface area (Å²) in [4.78, 5) is 0. The maximum absolute atomic E-state index is 9.46. The lowest BCUT2D eigenvalue weighted by Gasteiger charge is -2.06. The van der Waals surface area contributed by atoms with Gasteiger partial charge in [0.2, 0.25) is 0 Å². The van der Waals surface area contributed by atoms with E-state index in [1.807, 2.05) is 0 Å². The molecule has 0 spiro atoms. The van der Waals surface area contributed by atoms with Gasteiger partial charge in [0, 0.05) is 16.7 Å². The number of hydrogen-bond acceptors (Lipinski definition) is 2. The van der Waals surface area contributed by atoms with E-state index in [4.69, 9.17) is 16.3 Å². The van der Waals surface area contributed by atoms with Crippen LogP contribution in [0.15, 0.2) is 18.7 Å². The van der Waals surface area contributed by atoms with E-state index in [0.29, 0.717) is 16.3 Å². The van der Waals surface area contributed by atoms with Gasteiger partial charge in [0.25, 0.3) is 0 Å². The molecule has 0 bridgehead atoms. The van der Waals surface area contributed by atoms with Crippen LogP contribution in [0.4, 0.5) is 0 Å². The Hall–Kier alpha value is -1.15. The van der Waals surface area contributed by atoms with Gasteiger partial charge >= 0.3 is 0 Å². The number of methoxy groups -OCH3 is 1. The van der Waals surface area contributed by atoms with E-state index in [-0.39, 0.29) is 5.75 Å². The minimum atomic E-state index is 0.0666. The first-order valence-electron chi connectivity index (χ1n) is 3.38. The quantitative estimate of drug-likeness (QED) is 0.766. The Morgan fingerprint density at radius 3 is 2.75 bits per heavy atom. The number of phenols is 1. The zero-order chi connectivity index (χ0) is 9.14. The highest BCUT2D eigenvalue weighted by Gasteiger charge is 2.06. The molecular weight excluding hydrogens is 176 g/mol. The van der Waals surface area contributed by atoms with Crippen molar-refractivity contribution in [2.45, 2.75) is 0 Å². The van der Waals surface area contributed by atoms with E-state index in [0.717, 1.165) is 0 Å². The van der Waals surface area contributed by atoms with Crippen LogP contribution in [0.25, 0.3) is 6.08 Å². The van der Waals surface area contributed by atoms with Gasteiger partial charge in [-0.25, -0.2) is 0 Å². The average molecular weight is 185 g/mol. The van der Waals surface area contributed by atoms with E-state index in [1.165, 1.54) is 13.2 Å². The van der Waals surface area contributed by atoms with Crippen LogP contribution in [-0.2, 0) is 0 Å². The Labute approximate surface area is 76.0 Å². The number of hydrogen-bond donors (Lipinski definition) is 1. The molecule has 0 radical (unpaired) electrons. The second kappa shape index (κ2) is 3.50. The zero-order valence-corrected chi connectivity index (χ0v) is 7.43. The van der Waals surface area contributed by atoms with Gasteiger partial charge in [-0.3, -0.25) is 0 Å². The van der Waals surface area contributed by atoms with Crippen LogP contribution in [0, 0.1) is 0 Å². The van der Waals surface area contributed by atoms with E-state index >= 15 is 0 Å². The second-order valence-electron chi connectivity index (χ2n) is 2.25. The highest BCUT2D eigenvalue weighted by atomic mass is 35.5. The van der Waals surface area contributed by atoms with Crippen molar-refractivity contribution in [1.82, 2.24) is 0 Å². The van der Waals surface area contributed by atoms with Crippen LogP contribution in [0.2, 0.25) is 5.02 Å². The molecule has 0 fully saturated rings. The lowest BCUT2D eigenvalue weighted by Crippen LogP contribution is -1.85. The van der Waals surface area contributed by atoms with Gasteiger partial charge in [-0.15, -0.1) is 0 Å². The van der Waals surface area contributed by atoms with Gasteiger partial charge in [0.05, 0.1) is 7.11 Å². The fourth-order valence-corrected chi connectivity index (χ4v) is 1.12. The monoisotopic (exact) mass is 184 g/mol. The minimum absolute atomic E-state index is 0.0666. The normalized spacial score (nSPS) is 9.50. The zero-order valence-electron chi connectivity index (χ0n) is 6.67. The molecule has 0 atom stereocenters. The molecule has 0 heterocycles. The maximum Gasteiger partial charge on any atom is 0.165 e. The van der Waals surface area contributed by atoms with Crippen molar-refractivity contribution in [3.05, 3.63) is 29.3 Å². The van der Waals surface area contributed by atoms with Crippen LogP contribution in [0.5, 0.6) is 11.5 Å². The number of ether oxygens (including phenoxy) is 1. The third-order valence-corrected chi connectivity index (χ3v) is 1.73. The van der Waals surface area contributed by atoms with Crippen LogP contribution in [0.3, 0.4) is 0 Å². The van der Waals surface area contributed by atoms with Gasteiger partial charge in [0.1, 0.15) is 0 Å². The van der Waals surface area contributed by atoms with Crippen molar-refractivity contribution in [2.75, 3.05) is 7.11 Å². The van der Waals surface area contributed by atoms with Crippen molar-refractivity contribution < 1.29 is 9.84 Å². The molecule has 0 aliphatic heterocycles. The number of aromatic hydroxyl groups is 1. The molecule has 0 unspecified atom stereocenters. The summed E-state index contributed by atoms with van der Waals surface area (Å²) in [5, 5.41) is 9.97. The number of halogens is 1. The van der Waals surface area contributed by atoms with Gasteiger partial charge in [-0.1, -0.05) is 24.3 Å². The molecule has 3 heteroatoms. The van der Waals surface area contributed by atoms with Crippen LogP contribution in [-0.4, -0.2) is 12.2 Å². The molecule has 0 aromatic heterocycles. The Morgan fingerprint density at radius 1 is 1.58 bits per heavy atom. The Morgan fingerprint density at radius 2 is 2.25 bits per heavy atom.